The van der Waals surface area contributed by atoms with Crippen LogP contribution in [0.25, 0.3) is 0 Å². The van der Waals surface area contributed by atoms with Crippen molar-refractivity contribution in [3.63, 3.8) is 0 Å². The highest BCUT2D eigenvalue weighted by Crippen LogP contribution is 2.33. The van der Waals surface area contributed by atoms with Crippen molar-refractivity contribution in [3.05, 3.63) is 90.5 Å². The summed E-state index contributed by atoms with van der Waals surface area (Å²) in [7, 11) is 0. The lowest BCUT2D eigenvalue weighted by atomic mass is 10.2. The Balaban J connectivity index is 1.52. The number of thioether (sulfide) groups is 1. The normalized spacial score (nSPS) is 16.8. The van der Waals surface area contributed by atoms with E-state index in [0.29, 0.717) is 29.8 Å². The van der Waals surface area contributed by atoms with Gasteiger partial charge in [-0.3, -0.25) is 14.5 Å². The molecule has 33 heavy (non-hydrogen) atoms. The van der Waals surface area contributed by atoms with Crippen LogP contribution in [0.2, 0.25) is 0 Å². The number of anilines is 1. The molecule has 1 heterocycles. The largest absolute Gasteiger partial charge is 0.492 e. The van der Waals surface area contributed by atoms with Gasteiger partial charge in [-0.2, -0.15) is 0 Å². The van der Waals surface area contributed by atoms with E-state index in [0.717, 1.165) is 11.3 Å². The minimum absolute atomic E-state index is 0.0447. The van der Waals surface area contributed by atoms with E-state index in [-0.39, 0.29) is 18.2 Å². The van der Waals surface area contributed by atoms with Gasteiger partial charge in [0.1, 0.15) is 11.0 Å². The molecule has 0 radical (unpaired) electrons. The molecule has 168 valence electrons. The maximum atomic E-state index is 13.3. The van der Waals surface area contributed by atoms with Gasteiger partial charge >= 0.3 is 0 Å². The fourth-order valence-corrected chi connectivity index (χ4v) is 4.63. The fourth-order valence-electron chi connectivity index (χ4n) is 3.47. The lowest BCUT2D eigenvalue weighted by Crippen LogP contribution is -2.33. The molecule has 1 fully saturated rings. The molecule has 0 saturated carbocycles. The van der Waals surface area contributed by atoms with Crippen molar-refractivity contribution in [1.82, 2.24) is 4.90 Å². The molecule has 0 unspecified atom stereocenters. The number of carbonyl (C=O) groups is 2. The van der Waals surface area contributed by atoms with Crippen molar-refractivity contribution in [1.29, 1.82) is 0 Å². The number of para-hydroxylation sites is 3. The minimum atomic E-state index is -0.546. The lowest BCUT2D eigenvalue weighted by molar-refractivity contribution is -0.128. The number of benzene rings is 3. The van der Waals surface area contributed by atoms with Crippen LogP contribution in [0.15, 0.2) is 89.9 Å². The van der Waals surface area contributed by atoms with Crippen LogP contribution in [0.3, 0.4) is 0 Å². The summed E-state index contributed by atoms with van der Waals surface area (Å²) in [5, 5.41) is 2.94. The van der Waals surface area contributed by atoms with Crippen molar-refractivity contribution < 1.29 is 14.3 Å². The molecule has 1 aliphatic heterocycles. The van der Waals surface area contributed by atoms with Crippen LogP contribution in [-0.4, -0.2) is 33.7 Å². The monoisotopic (exact) mass is 459 g/mol. The molecule has 6 nitrogen and oxygen atoms in total. The number of nitrogens with one attached hydrogen (secondary N) is 1. The summed E-state index contributed by atoms with van der Waals surface area (Å²) in [5.41, 5.74) is 2.36. The number of ether oxygens (including phenoxy) is 1. The summed E-state index contributed by atoms with van der Waals surface area (Å²) < 4.78 is 5.58. The van der Waals surface area contributed by atoms with Crippen molar-refractivity contribution in [2.75, 3.05) is 11.9 Å². The number of aliphatic imine (C=N–C) groups is 1. The van der Waals surface area contributed by atoms with Crippen LogP contribution in [-0.2, 0) is 16.1 Å². The Morgan fingerprint density at radius 3 is 2.39 bits per heavy atom. The van der Waals surface area contributed by atoms with E-state index in [2.05, 4.69) is 5.32 Å². The molecule has 1 N–H and O–H groups in total. The molecular weight excluding hydrogens is 434 g/mol. The van der Waals surface area contributed by atoms with Gasteiger partial charge in [-0.05, 0) is 36.8 Å². The van der Waals surface area contributed by atoms with E-state index < -0.39 is 5.25 Å². The van der Waals surface area contributed by atoms with Gasteiger partial charge in [-0.1, -0.05) is 72.4 Å². The molecule has 1 saturated heterocycles. The first kappa shape index (κ1) is 22.6. The summed E-state index contributed by atoms with van der Waals surface area (Å²) in [4.78, 5) is 32.5. The zero-order valence-electron chi connectivity index (χ0n) is 18.3. The van der Waals surface area contributed by atoms with Gasteiger partial charge in [0.2, 0.25) is 11.8 Å². The summed E-state index contributed by atoms with van der Waals surface area (Å²) >= 11 is 1.33. The second-order valence-electron chi connectivity index (χ2n) is 7.43. The standard InChI is InChI=1S/C26H25N3O3S/c1-2-32-22-16-10-9-15-21(22)28-24(30)17-23-25(31)29(18-19-11-5-3-6-12-19)26(33-23)27-20-13-7-4-8-14-20/h3-16,23H,2,17-18H2,1H3,(H,28,30)/t23-/m1/s1. The Hall–Kier alpha value is -3.58. The van der Waals surface area contributed by atoms with E-state index >= 15 is 0 Å². The lowest BCUT2D eigenvalue weighted by Gasteiger charge is -2.16. The fraction of sp³-hybridized carbons (Fsp3) is 0.192. The van der Waals surface area contributed by atoms with Crippen molar-refractivity contribution in [3.8, 4) is 5.75 Å². The Bertz CT molecular complexity index is 1140. The predicted octanol–water partition coefficient (Wildman–Crippen LogP) is 5.25. The number of amides is 2. The van der Waals surface area contributed by atoms with Crippen molar-refractivity contribution in [2.24, 2.45) is 4.99 Å². The molecule has 2 amide bonds. The minimum Gasteiger partial charge on any atom is -0.492 e. The van der Waals surface area contributed by atoms with Gasteiger partial charge in [0, 0.05) is 6.42 Å². The molecule has 1 atom stereocenters. The second-order valence-corrected chi connectivity index (χ2v) is 8.60. The van der Waals surface area contributed by atoms with Gasteiger partial charge in [0.05, 0.1) is 24.5 Å². The molecule has 3 aromatic rings. The highest BCUT2D eigenvalue weighted by Gasteiger charge is 2.39. The SMILES string of the molecule is CCOc1ccccc1NC(=O)C[C@H]1SC(=Nc2ccccc2)N(Cc2ccccc2)C1=O. The number of hydrogen-bond acceptors (Lipinski definition) is 5. The van der Waals surface area contributed by atoms with E-state index in [1.807, 2.05) is 79.7 Å². The average molecular weight is 460 g/mol. The zero-order valence-corrected chi connectivity index (χ0v) is 19.1. The first-order valence-electron chi connectivity index (χ1n) is 10.8. The van der Waals surface area contributed by atoms with Crippen LogP contribution in [0.1, 0.15) is 18.9 Å². The van der Waals surface area contributed by atoms with Gasteiger partial charge in [-0.25, -0.2) is 4.99 Å². The van der Waals surface area contributed by atoms with E-state index in [1.54, 1.807) is 17.0 Å². The van der Waals surface area contributed by atoms with Gasteiger partial charge in [0.15, 0.2) is 5.17 Å². The third kappa shape index (κ3) is 5.81. The second kappa shape index (κ2) is 10.8. The maximum Gasteiger partial charge on any atom is 0.242 e. The van der Waals surface area contributed by atoms with Crippen LogP contribution in [0.5, 0.6) is 5.75 Å². The molecule has 0 aliphatic carbocycles. The smallest absolute Gasteiger partial charge is 0.242 e. The molecule has 0 spiro atoms. The number of amidine groups is 1. The van der Waals surface area contributed by atoms with Crippen molar-refractivity contribution >= 4 is 40.1 Å². The molecule has 7 heteroatoms. The Morgan fingerprint density at radius 1 is 1.00 bits per heavy atom. The quantitative estimate of drug-likeness (QED) is 0.500. The Kier molecular flexibility index (Phi) is 7.42. The summed E-state index contributed by atoms with van der Waals surface area (Å²) in [6.45, 7) is 2.79. The van der Waals surface area contributed by atoms with Gasteiger partial charge in [-0.15, -0.1) is 0 Å². The van der Waals surface area contributed by atoms with E-state index in [4.69, 9.17) is 9.73 Å². The molecule has 0 bridgehead atoms. The Morgan fingerprint density at radius 2 is 1.67 bits per heavy atom. The van der Waals surface area contributed by atoms with Crippen LogP contribution >= 0.6 is 11.8 Å². The summed E-state index contributed by atoms with van der Waals surface area (Å²) in [6.07, 6.45) is 0.0447. The average Bonchev–Trinajstić information content (AvgIpc) is 3.10. The van der Waals surface area contributed by atoms with Crippen molar-refractivity contribution in [2.45, 2.75) is 25.1 Å². The van der Waals surface area contributed by atoms with Crippen LogP contribution in [0, 0.1) is 0 Å². The molecular formula is C26H25N3O3S. The molecule has 4 rings (SSSR count). The third-order valence-corrected chi connectivity index (χ3v) is 6.19. The number of nitrogens with zero attached hydrogens (tertiary/aromatic N) is 2. The van der Waals surface area contributed by atoms with E-state index in [9.17, 15) is 9.59 Å². The molecule has 0 aromatic heterocycles. The third-order valence-electron chi connectivity index (χ3n) is 5.02. The highest BCUT2D eigenvalue weighted by atomic mass is 32.2. The van der Waals surface area contributed by atoms with Gasteiger partial charge in [0.25, 0.3) is 0 Å². The zero-order chi connectivity index (χ0) is 23.0. The maximum absolute atomic E-state index is 13.3. The summed E-state index contributed by atoms with van der Waals surface area (Å²) in [6, 6.07) is 26.6. The van der Waals surface area contributed by atoms with E-state index in [1.165, 1.54) is 11.8 Å². The first-order valence-corrected chi connectivity index (χ1v) is 11.7. The van der Waals surface area contributed by atoms with Crippen LogP contribution < -0.4 is 10.1 Å². The topological polar surface area (TPSA) is 71.0 Å². The van der Waals surface area contributed by atoms with Crippen LogP contribution in [0.4, 0.5) is 11.4 Å². The van der Waals surface area contributed by atoms with Gasteiger partial charge < -0.3 is 10.1 Å². The first-order chi connectivity index (χ1) is 16.1. The summed E-state index contributed by atoms with van der Waals surface area (Å²) in [5.74, 6) is 0.246. The number of rotatable bonds is 8. The molecule has 3 aromatic carbocycles. The highest BCUT2D eigenvalue weighted by molar-refractivity contribution is 8.15. The number of hydrogen-bond donors (Lipinski definition) is 1. The Labute approximate surface area is 197 Å². The number of carbonyl (C=O) groups excluding carboxylic acids is 2. The molecule has 1 aliphatic rings. The predicted molar refractivity (Wildman–Crippen MR) is 133 cm³/mol.